The van der Waals surface area contributed by atoms with Crippen molar-refractivity contribution in [3.05, 3.63) is 60.8 Å². The summed E-state index contributed by atoms with van der Waals surface area (Å²) in [5.74, 6) is -0.328. The van der Waals surface area contributed by atoms with E-state index in [2.05, 4.69) is 31.9 Å². The van der Waals surface area contributed by atoms with E-state index in [1.54, 1.807) is 6.07 Å². The van der Waals surface area contributed by atoms with Gasteiger partial charge in [0, 0.05) is 24.2 Å². The lowest BCUT2D eigenvalue weighted by atomic mass is 10.2. The van der Waals surface area contributed by atoms with Gasteiger partial charge in [0.25, 0.3) is 5.69 Å². The van der Waals surface area contributed by atoms with Crippen LogP contribution in [0.2, 0.25) is 0 Å². The Morgan fingerprint density at radius 1 is 1.24 bits per heavy atom. The van der Waals surface area contributed by atoms with E-state index < -0.39 is 10.7 Å². The van der Waals surface area contributed by atoms with Crippen molar-refractivity contribution in [1.82, 2.24) is 0 Å². The molecule has 8 heteroatoms. The zero-order chi connectivity index (χ0) is 15.6. The summed E-state index contributed by atoms with van der Waals surface area (Å²) >= 11 is 6.36. The molecule has 0 spiro atoms. The van der Waals surface area contributed by atoms with E-state index in [9.17, 15) is 14.5 Å². The number of nitro groups is 1. The van der Waals surface area contributed by atoms with Gasteiger partial charge in [-0.3, -0.25) is 10.1 Å². The van der Waals surface area contributed by atoms with Gasteiger partial charge in [-0.2, -0.15) is 0 Å². The standard InChI is InChI=1S/C13H9Br2FN2O3/c14-9-4-8(18(19)20)5-10(15)13(9)21-12-7(6-17)2-1-3-11(12)16/h1-5H,6,17H2. The van der Waals surface area contributed by atoms with Crippen molar-refractivity contribution in [2.24, 2.45) is 5.73 Å². The Morgan fingerprint density at radius 2 is 1.86 bits per heavy atom. The molecule has 21 heavy (non-hydrogen) atoms. The number of nitrogens with two attached hydrogens (primary N) is 1. The fraction of sp³-hybridized carbons (Fsp3) is 0.0769. The molecule has 0 atom stereocenters. The van der Waals surface area contributed by atoms with Crippen molar-refractivity contribution in [1.29, 1.82) is 0 Å². The number of nitro benzene ring substituents is 1. The van der Waals surface area contributed by atoms with Crippen LogP contribution in [0.5, 0.6) is 11.5 Å². The summed E-state index contributed by atoms with van der Waals surface area (Å²) in [6.07, 6.45) is 0. The molecule has 2 aromatic rings. The molecule has 110 valence electrons. The summed E-state index contributed by atoms with van der Waals surface area (Å²) in [4.78, 5) is 10.2. The van der Waals surface area contributed by atoms with Gasteiger partial charge in [0.1, 0.15) is 0 Å². The highest BCUT2D eigenvalue weighted by Crippen LogP contribution is 2.41. The molecule has 2 N–H and O–H groups in total. The van der Waals surface area contributed by atoms with Crippen LogP contribution in [-0.4, -0.2) is 4.92 Å². The van der Waals surface area contributed by atoms with E-state index in [1.807, 2.05) is 0 Å². The molecule has 0 aliphatic heterocycles. The Kier molecular flexibility index (Phi) is 4.92. The van der Waals surface area contributed by atoms with E-state index in [0.717, 1.165) is 0 Å². The molecule has 0 radical (unpaired) electrons. The van der Waals surface area contributed by atoms with Crippen LogP contribution in [0.25, 0.3) is 0 Å². The average molecular weight is 420 g/mol. The smallest absolute Gasteiger partial charge is 0.271 e. The van der Waals surface area contributed by atoms with Crippen molar-refractivity contribution in [3.8, 4) is 11.5 Å². The third-order valence-electron chi connectivity index (χ3n) is 2.67. The molecule has 0 saturated carbocycles. The molecule has 5 nitrogen and oxygen atoms in total. The second-order valence-corrected chi connectivity index (χ2v) is 5.74. The fourth-order valence-corrected chi connectivity index (χ4v) is 3.00. The van der Waals surface area contributed by atoms with Crippen molar-refractivity contribution in [2.75, 3.05) is 0 Å². The Labute approximate surface area is 136 Å². The van der Waals surface area contributed by atoms with Gasteiger partial charge in [-0.25, -0.2) is 4.39 Å². The number of hydrogen-bond acceptors (Lipinski definition) is 4. The van der Waals surface area contributed by atoms with Crippen LogP contribution in [0.15, 0.2) is 39.3 Å². The van der Waals surface area contributed by atoms with Crippen LogP contribution in [0.1, 0.15) is 5.56 Å². The minimum absolute atomic E-state index is 0.00440. The molecule has 0 unspecified atom stereocenters. The molecular weight excluding hydrogens is 411 g/mol. The lowest BCUT2D eigenvalue weighted by Gasteiger charge is -2.13. The molecule has 2 rings (SSSR count). The number of rotatable bonds is 4. The van der Waals surface area contributed by atoms with Gasteiger partial charge >= 0.3 is 0 Å². The fourth-order valence-electron chi connectivity index (χ4n) is 1.68. The highest BCUT2D eigenvalue weighted by atomic mass is 79.9. The summed E-state index contributed by atoms with van der Waals surface area (Å²) < 4.78 is 20.1. The molecule has 0 aliphatic rings. The molecule has 0 amide bonds. The number of nitrogens with zero attached hydrogens (tertiary/aromatic N) is 1. The lowest BCUT2D eigenvalue weighted by molar-refractivity contribution is -0.385. The minimum atomic E-state index is -0.560. The van der Waals surface area contributed by atoms with E-state index in [4.69, 9.17) is 10.5 Å². The van der Waals surface area contributed by atoms with Crippen molar-refractivity contribution in [3.63, 3.8) is 0 Å². The molecule has 0 heterocycles. The zero-order valence-corrected chi connectivity index (χ0v) is 13.6. The lowest BCUT2D eigenvalue weighted by Crippen LogP contribution is -2.02. The number of ether oxygens (including phenoxy) is 1. The predicted molar refractivity (Wildman–Crippen MR) is 82.9 cm³/mol. The highest BCUT2D eigenvalue weighted by Gasteiger charge is 2.18. The monoisotopic (exact) mass is 418 g/mol. The second kappa shape index (κ2) is 6.50. The second-order valence-electron chi connectivity index (χ2n) is 4.03. The van der Waals surface area contributed by atoms with Crippen molar-refractivity contribution < 1.29 is 14.1 Å². The first-order valence-electron chi connectivity index (χ1n) is 5.72. The highest BCUT2D eigenvalue weighted by molar-refractivity contribution is 9.11. The summed E-state index contributed by atoms with van der Waals surface area (Å²) in [5, 5.41) is 10.8. The Morgan fingerprint density at radius 3 is 2.38 bits per heavy atom. The first-order valence-corrected chi connectivity index (χ1v) is 7.31. The van der Waals surface area contributed by atoms with E-state index in [0.29, 0.717) is 14.5 Å². The Bertz CT molecular complexity index is 687. The summed E-state index contributed by atoms with van der Waals surface area (Å²) in [6.45, 7) is 0.106. The molecule has 0 bridgehead atoms. The number of hydrogen-bond donors (Lipinski definition) is 1. The van der Waals surface area contributed by atoms with Crippen LogP contribution in [0, 0.1) is 15.9 Å². The maximum atomic E-state index is 13.9. The topological polar surface area (TPSA) is 78.4 Å². The largest absolute Gasteiger partial charge is 0.452 e. The average Bonchev–Trinajstić information content (AvgIpc) is 2.43. The van der Waals surface area contributed by atoms with Gasteiger partial charge in [0.15, 0.2) is 17.3 Å². The number of para-hydroxylation sites is 1. The molecule has 0 aromatic heterocycles. The van der Waals surface area contributed by atoms with Gasteiger partial charge in [0.2, 0.25) is 0 Å². The van der Waals surface area contributed by atoms with Gasteiger partial charge < -0.3 is 10.5 Å². The molecule has 0 fully saturated rings. The number of non-ortho nitro benzene ring substituents is 1. The minimum Gasteiger partial charge on any atom is -0.452 e. The van der Waals surface area contributed by atoms with Crippen LogP contribution in [0.3, 0.4) is 0 Å². The normalized spacial score (nSPS) is 10.5. The third kappa shape index (κ3) is 3.39. The van der Waals surface area contributed by atoms with Crippen LogP contribution in [0.4, 0.5) is 10.1 Å². The molecular formula is C13H9Br2FN2O3. The zero-order valence-electron chi connectivity index (χ0n) is 10.5. The third-order valence-corrected chi connectivity index (χ3v) is 3.84. The van der Waals surface area contributed by atoms with Crippen LogP contribution in [-0.2, 0) is 6.54 Å². The quantitative estimate of drug-likeness (QED) is 0.584. The van der Waals surface area contributed by atoms with Gasteiger partial charge in [-0.1, -0.05) is 12.1 Å². The summed E-state index contributed by atoms with van der Waals surface area (Å²) in [6, 6.07) is 6.99. The SMILES string of the molecule is NCc1cccc(F)c1Oc1c(Br)cc([N+](=O)[O-])cc1Br. The summed E-state index contributed by atoms with van der Waals surface area (Å²) in [7, 11) is 0. The van der Waals surface area contributed by atoms with E-state index >= 15 is 0 Å². The van der Waals surface area contributed by atoms with Gasteiger partial charge in [0.05, 0.1) is 13.9 Å². The molecule has 0 saturated heterocycles. The van der Waals surface area contributed by atoms with E-state index in [-0.39, 0.29) is 23.7 Å². The number of benzene rings is 2. The first kappa shape index (κ1) is 15.9. The number of halogens is 3. The Hall–Kier alpha value is -1.51. The van der Waals surface area contributed by atoms with Gasteiger partial charge in [-0.05, 0) is 37.9 Å². The first-order chi connectivity index (χ1) is 9.93. The predicted octanol–water partition coefficient (Wildman–Crippen LogP) is 4.51. The van der Waals surface area contributed by atoms with E-state index in [1.165, 1.54) is 24.3 Å². The molecule has 2 aromatic carbocycles. The Balaban J connectivity index is 2.48. The van der Waals surface area contributed by atoms with Crippen molar-refractivity contribution >= 4 is 37.5 Å². The van der Waals surface area contributed by atoms with Crippen LogP contribution >= 0.6 is 31.9 Å². The van der Waals surface area contributed by atoms with Gasteiger partial charge in [-0.15, -0.1) is 0 Å². The van der Waals surface area contributed by atoms with Crippen molar-refractivity contribution in [2.45, 2.75) is 6.54 Å². The maximum Gasteiger partial charge on any atom is 0.271 e. The van der Waals surface area contributed by atoms with Crippen LogP contribution < -0.4 is 10.5 Å². The maximum absolute atomic E-state index is 13.9. The molecule has 0 aliphatic carbocycles. The summed E-state index contributed by atoms with van der Waals surface area (Å²) in [5.41, 5.74) is 5.93.